The van der Waals surface area contributed by atoms with E-state index in [0.29, 0.717) is 0 Å². The quantitative estimate of drug-likeness (QED) is 0.546. The lowest BCUT2D eigenvalue weighted by molar-refractivity contribution is 0.248. The Labute approximate surface area is 102 Å². The number of hydrogen-bond donors (Lipinski definition) is 0. The van der Waals surface area contributed by atoms with E-state index in [-0.39, 0.29) is 0 Å². The van der Waals surface area contributed by atoms with Gasteiger partial charge in [-0.15, -0.1) is 0 Å². The zero-order valence-corrected chi connectivity index (χ0v) is 11.2. The molecule has 2 aliphatic rings. The summed E-state index contributed by atoms with van der Waals surface area (Å²) in [6.07, 6.45) is 18.3. The van der Waals surface area contributed by atoms with Gasteiger partial charge in [0.25, 0.3) is 0 Å². The van der Waals surface area contributed by atoms with E-state index in [4.69, 9.17) is 0 Å². The molecular weight excluding hydrogens is 192 g/mol. The second-order valence-corrected chi connectivity index (χ2v) is 6.31. The molecule has 0 nitrogen and oxygen atoms in total. The van der Waals surface area contributed by atoms with E-state index in [1.54, 1.807) is 32.1 Å². The minimum absolute atomic E-state index is 1.07. The third-order valence-corrected chi connectivity index (χ3v) is 5.20. The lowest BCUT2D eigenvalue weighted by Crippen LogP contribution is -2.15. The fourth-order valence-electron chi connectivity index (χ4n) is 4.15. The van der Waals surface area contributed by atoms with Gasteiger partial charge in [0.05, 0.1) is 0 Å². The van der Waals surface area contributed by atoms with E-state index >= 15 is 0 Å². The Hall–Kier alpha value is 0. The summed E-state index contributed by atoms with van der Waals surface area (Å²) in [5.74, 6) is 3.27. The summed E-state index contributed by atoms with van der Waals surface area (Å²) in [7, 11) is 0. The van der Waals surface area contributed by atoms with Gasteiger partial charge in [0.15, 0.2) is 0 Å². The summed E-state index contributed by atoms with van der Waals surface area (Å²) in [5, 5.41) is 0. The van der Waals surface area contributed by atoms with E-state index < -0.39 is 0 Å². The maximum absolute atomic E-state index is 2.43. The molecule has 16 heavy (non-hydrogen) atoms. The second-order valence-electron chi connectivity index (χ2n) is 6.31. The molecule has 0 radical (unpaired) electrons. The molecule has 0 spiro atoms. The SMILES string of the molecule is CCC(CC1CCCCCC1)C1CCCC1. The fourth-order valence-corrected chi connectivity index (χ4v) is 4.15. The van der Waals surface area contributed by atoms with Crippen molar-refractivity contribution in [2.45, 2.75) is 84.0 Å². The van der Waals surface area contributed by atoms with Crippen LogP contribution in [0.2, 0.25) is 0 Å². The molecule has 2 rings (SSSR count). The molecule has 0 aromatic carbocycles. The molecular formula is C16H30. The molecule has 0 N–H and O–H groups in total. The van der Waals surface area contributed by atoms with Gasteiger partial charge in [0, 0.05) is 0 Å². The van der Waals surface area contributed by atoms with E-state index in [9.17, 15) is 0 Å². The van der Waals surface area contributed by atoms with Crippen molar-refractivity contribution in [1.29, 1.82) is 0 Å². The van der Waals surface area contributed by atoms with Crippen LogP contribution in [0.4, 0.5) is 0 Å². The number of rotatable bonds is 4. The molecule has 94 valence electrons. The standard InChI is InChI=1S/C16H30/c1-2-15(16-11-7-8-12-16)13-14-9-5-3-4-6-10-14/h14-16H,2-13H2,1H3. The van der Waals surface area contributed by atoms with Gasteiger partial charge in [0.1, 0.15) is 0 Å². The zero-order valence-electron chi connectivity index (χ0n) is 11.2. The normalized spacial score (nSPS) is 26.8. The van der Waals surface area contributed by atoms with Crippen molar-refractivity contribution in [2.24, 2.45) is 17.8 Å². The molecule has 0 aromatic rings. The Morgan fingerprint density at radius 2 is 1.38 bits per heavy atom. The summed E-state index contributed by atoms with van der Waals surface area (Å²) >= 11 is 0. The molecule has 1 atom stereocenters. The maximum atomic E-state index is 2.43. The van der Waals surface area contributed by atoms with Crippen LogP contribution in [0.5, 0.6) is 0 Å². The highest BCUT2D eigenvalue weighted by Gasteiger charge is 2.26. The molecule has 0 aliphatic heterocycles. The van der Waals surface area contributed by atoms with Gasteiger partial charge in [-0.1, -0.05) is 77.6 Å². The molecule has 2 fully saturated rings. The van der Waals surface area contributed by atoms with Crippen LogP contribution in [0.1, 0.15) is 84.0 Å². The molecule has 0 heteroatoms. The van der Waals surface area contributed by atoms with Gasteiger partial charge < -0.3 is 0 Å². The van der Waals surface area contributed by atoms with Crippen LogP contribution in [-0.2, 0) is 0 Å². The molecule has 0 aromatic heterocycles. The highest BCUT2D eigenvalue weighted by Crippen LogP contribution is 2.38. The van der Waals surface area contributed by atoms with E-state index in [0.717, 1.165) is 17.8 Å². The largest absolute Gasteiger partial charge is 0.0651 e. The van der Waals surface area contributed by atoms with E-state index in [1.165, 1.54) is 44.9 Å². The van der Waals surface area contributed by atoms with Crippen LogP contribution in [-0.4, -0.2) is 0 Å². The minimum atomic E-state index is 1.07. The van der Waals surface area contributed by atoms with E-state index in [2.05, 4.69) is 6.92 Å². The molecule has 0 heterocycles. The minimum Gasteiger partial charge on any atom is -0.0651 e. The van der Waals surface area contributed by atoms with Crippen LogP contribution in [0.15, 0.2) is 0 Å². The maximum Gasteiger partial charge on any atom is -0.0386 e. The predicted octanol–water partition coefficient (Wildman–Crippen LogP) is 5.56. The second kappa shape index (κ2) is 6.67. The first kappa shape index (κ1) is 12.5. The van der Waals surface area contributed by atoms with Crippen LogP contribution in [0.25, 0.3) is 0 Å². The molecule has 0 bridgehead atoms. The smallest absolute Gasteiger partial charge is 0.0386 e. The average Bonchev–Trinajstić information content (AvgIpc) is 2.71. The van der Waals surface area contributed by atoms with Crippen LogP contribution in [0, 0.1) is 17.8 Å². The summed E-state index contributed by atoms with van der Waals surface area (Å²) in [4.78, 5) is 0. The highest BCUT2D eigenvalue weighted by atomic mass is 14.3. The average molecular weight is 222 g/mol. The van der Waals surface area contributed by atoms with Gasteiger partial charge in [-0.3, -0.25) is 0 Å². The van der Waals surface area contributed by atoms with Crippen molar-refractivity contribution in [3.05, 3.63) is 0 Å². The summed E-state index contributed by atoms with van der Waals surface area (Å²) < 4.78 is 0. The first-order chi connectivity index (χ1) is 7.90. The molecule has 1 unspecified atom stereocenters. The number of hydrogen-bond acceptors (Lipinski definition) is 0. The first-order valence-corrected chi connectivity index (χ1v) is 7.90. The first-order valence-electron chi connectivity index (χ1n) is 7.90. The molecule has 0 saturated heterocycles. The third kappa shape index (κ3) is 3.50. The highest BCUT2D eigenvalue weighted by molar-refractivity contribution is 4.78. The van der Waals surface area contributed by atoms with Crippen LogP contribution < -0.4 is 0 Å². The third-order valence-electron chi connectivity index (χ3n) is 5.20. The molecule has 2 saturated carbocycles. The van der Waals surface area contributed by atoms with Crippen molar-refractivity contribution in [2.75, 3.05) is 0 Å². The molecule has 2 aliphatic carbocycles. The van der Waals surface area contributed by atoms with Gasteiger partial charge in [-0.2, -0.15) is 0 Å². The van der Waals surface area contributed by atoms with Gasteiger partial charge in [-0.25, -0.2) is 0 Å². The van der Waals surface area contributed by atoms with Crippen molar-refractivity contribution in [3.8, 4) is 0 Å². The summed E-state index contributed by atoms with van der Waals surface area (Å²) in [6, 6.07) is 0. The van der Waals surface area contributed by atoms with Crippen molar-refractivity contribution in [3.63, 3.8) is 0 Å². The van der Waals surface area contributed by atoms with Gasteiger partial charge in [0.2, 0.25) is 0 Å². The zero-order chi connectivity index (χ0) is 11.2. The summed E-state index contributed by atoms with van der Waals surface area (Å²) in [6.45, 7) is 2.43. The van der Waals surface area contributed by atoms with Crippen LogP contribution in [0.3, 0.4) is 0 Å². The Balaban J connectivity index is 1.79. The van der Waals surface area contributed by atoms with Gasteiger partial charge in [-0.05, 0) is 24.2 Å². The Morgan fingerprint density at radius 1 is 0.812 bits per heavy atom. The Bertz CT molecular complexity index is 170. The molecule has 0 amide bonds. The summed E-state index contributed by atoms with van der Waals surface area (Å²) in [5.41, 5.74) is 0. The van der Waals surface area contributed by atoms with Crippen LogP contribution >= 0.6 is 0 Å². The predicted molar refractivity (Wildman–Crippen MR) is 71.5 cm³/mol. The van der Waals surface area contributed by atoms with Gasteiger partial charge >= 0.3 is 0 Å². The van der Waals surface area contributed by atoms with E-state index in [1.807, 2.05) is 0 Å². The topological polar surface area (TPSA) is 0 Å². The van der Waals surface area contributed by atoms with Crippen molar-refractivity contribution >= 4 is 0 Å². The monoisotopic (exact) mass is 222 g/mol. The lowest BCUT2D eigenvalue weighted by atomic mass is 9.79. The van der Waals surface area contributed by atoms with Crippen molar-refractivity contribution in [1.82, 2.24) is 0 Å². The Morgan fingerprint density at radius 3 is 1.94 bits per heavy atom. The van der Waals surface area contributed by atoms with Crippen molar-refractivity contribution < 1.29 is 0 Å². The Kier molecular flexibility index (Phi) is 5.19. The fraction of sp³-hybridized carbons (Fsp3) is 1.00. The lowest BCUT2D eigenvalue weighted by Gasteiger charge is -2.26.